The topological polar surface area (TPSA) is 24.9 Å². The molecule has 0 bridgehead atoms. The largest absolute Gasteiger partial charge is 0.379 e. The van der Waals surface area contributed by atoms with E-state index in [4.69, 9.17) is 11.6 Å². The van der Waals surface area contributed by atoms with Crippen molar-refractivity contribution in [2.75, 3.05) is 5.32 Å². The number of hydrogen-bond donors (Lipinski definition) is 1. The van der Waals surface area contributed by atoms with Crippen LogP contribution in [0.1, 0.15) is 5.69 Å². The summed E-state index contributed by atoms with van der Waals surface area (Å²) < 4.78 is 0. The number of nitrogens with zero attached hydrogens (tertiary/aromatic N) is 1. The molecule has 1 N–H and O–H groups in total. The summed E-state index contributed by atoms with van der Waals surface area (Å²) in [5.74, 6) is 0. The summed E-state index contributed by atoms with van der Waals surface area (Å²) in [5.41, 5.74) is 2.11. The fourth-order valence-corrected chi connectivity index (χ4v) is 3.42. The Hall–Kier alpha value is -1.36. The van der Waals surface area contributed by atoms with Crippen molar-refractivity contribution in [3.63, 3.8) is 0 Å². The number of halogens is 1. The highest BCUT2D eigenvalue weighted by Gasteiger charge is 2.05. The minimum atomic E-state index is 0.726. The quantitative estimate of drug-likeness (QED) is 0.722. The van der Waals surface area contributed by atoms with Crippen LogP contribution in [0.2, 0.25) is 5.02 Å². The van der Waals surface area contributed by atoms with Crippen molar-refractivity contribution in [1.82, 2.24) is 4.98 Å². The van der Waals surface area contributed by atoms with Crippen LogP contribution >= 0.6 is 34.3 Å². The highest BCUT2D eigenvalue weighted by molar-refractivity contribution is 7.20. The van der Waals surface area contributed by atoms with Crippen molar-refractivity contribution < 1.29 is 0 Å². The molecule has 96 valence electrons. The fourth-order valence-electron chi connectivity index (χ4n) is 1.66. The van der Waals surface area contributed by atoms with E-state index in [1.54, 1.807) is 22.7 Å². The molecule has 0 aliphatic heterocycles. The summed E-state index contributed by atoms with van der Waals surface area (Å²) in [6.07, 6.45) is 0. The highest BCUT2D eigenvalue weighted by atomic mass is 35.5. The van der Waals surface area contributed by atoms with Crippen molar-refractivity contribution in [2.24, 2.45) is 0 Å². The van der Waals surface area contributed by atoms with Gasteiger partial charge in [0.2, 0.25) is 0 Å². The monoisotopic (exact) mass is 306 g/mol. The molecule has 19 heavy (non-hydrogen) atoms. The first-order valence-electron chi connectivity index (χ1n) is 5.79. The minimum absolute atomic E-state index is 0.726. The van der Waals surface area contributed by atoms with Gasteiger partial charge in [-0.2, -0.15) is 0 Å². The normalized spacial score (nSPS) is 10.6. The number of benzene rings is 1. The maximum absolute atomic E-state index is 5.85. The molecule has 2 heterocycles. The lowest BCUT2D eigenvalue weighted by molar-refractivity contribution is 1.08. The van der Waals surface area contributed by atoms with Crippen molar-refractivity contribution in [3.8, 4) is 9.88 Å². The Balaban J connectivity index is 1.66. The maximum atomic E-state index is 5.85. The summed E-state index contributed by atoms with van der Waals surface area (Å²) in [5, 5.41) is 9.34. The average Bonchev–Trinajstić information content (AvgIpc) is 3.09. The average molecular weight is 307 g/mol. The predicted molar refractivity (Wildman–Crippen MR) is 84.2 cm³/mol. The van der Waals surface area contributed by atoms with Crippen LogP contribution in [-0.2, 0) is 6.54 Å². The van der Waals surface area contributed by atoms with Crippen LogP contribution in [-0.4, -0.2) is 4.98 Å². The molecular formula is C14H11ClN2S2. The van der Waals surface area contributed by atoms with Crippen molar-refractivity contribution in [1.29, 1.82) is 0 Å². The Morgan fingerprint density at radius 2 is 1.95 bits per heavy atom. The van der Waals surface area contributed by atoms with E-state index in [-0.39, 0.29) is 0 Å². The summed E-state index contributed by atoms with van der Waals surface area (Å²) in [7, 11) is 0. The van der Waals surface area contributed by atoms with Gasteiger partial charge in [0.1, 0.15) is 5.01 Å². The Kier molecular flexibility index (Phi) is 3.82. The summed E-state index contributed by atoms with van der Waals surface area (Å²) in [4.78, 5) is 5.85. The third kappa shape index (κ3) is 3.15. The number of thiazole rings is 1. The molecule has 0 fully saturated rings. The molecule has 0 unspecified atom stereocenters. The molecule has 0 saturated heterocycles. The van der Waals surface area contributed by atoms with Crippen LogP contribution in [0.5, 0.6) is 0 Å². The number of aromatic nitrogens is 1. The van der Waals surface area contributed by atoms with Gasteiger partial charge in [0, 0.05) is 16.1 Å². The Morgan fingerprint density at radius 1 is 1.11 bits per heavy atom. The van der Waals surface area contributed by atoms with Gasteiger partial charge in [-0.25, -0.2) is 4.98 Å². The van der Waals surface area contributed by atoms with E-state index in [1.165, 1.54) is 4.88 Å². The molecule has 2 nitrogen and oxygen atoms in total. The van der Waals surface area contributed by atoms with Crippen LogP contribution in [0.4, 0.5) is 5.69 Å². The Bertz CT molecular complexity index is 644. The molecule has 0 atom stereocenters. The van der Waals surface area contributed by atoms with Gasteiger partial charge in [-0.15, -0.1) is 22.7 Å². The second kappa shape index (κ2) is 5.74. The van der Waals surface area contributed by atoms with E-state index in [1.807, 2.05) is 30.3 Å². The lowest BCUT2D eigenvalue weighted by atomic mass is 10.3. The van der Waals surface area contributed by atoms with E-state index in [9.17, 15) is 0 Å². The van der Waals surface area contributed by atoms with E-state index in [0.717, 1.165) is 28.0 Å². The molecule has 0 radical (unpaired) electrons. The molecular weight excluding hydrogens is 296 g/mol. The number of nitrogens with one attached hydrogen (secondary N) is 1. The van der Waals surface area contributed by atoms with Gasteiger partial charge < -0.3 is 5.32 Å². The van der Waals surface area contributed by atoms with Gasteiger partial charge in [0.05, 0.1) is 17.1 Å². The minimum Gasteiger partial charge on any atom is -0.379 e. The molecule has 5 heteroatoms. The fraction of sp³-hybridized carbons (Fsp3) is 0.0714. The lowest BCUT2D eigenvalue weighted by Gasteiger charge is -2.03. The summed E-state index contributed by atoms with van der Waals surface area (Å²) in [6.45, 7) is 0.726. The molecule has 0 spiro atoms. The summed E-state index contributed by atoms with van der Waals surface area (Å²) >= 11 is 9.25. The zero-order valence-corrected chi connectivity index (χ0v) is 12.4. The first-order valence-corrected chi connectivity index (χ1v) is 7.93. The van der Waals surface area contributed by atoms with Gasteiger partial charge >= 0.3 is 0 Å². The van der Waals surface area contributed by atoms with Gasteiger partial charge in [-0.1, -0.05) is 17.7 Å². The lowest BCUT2D eigenvalue weighted by Crippen LogP contribution is -1.99. The summed E-state index contributed by atoms with van der Waals surface area (Å²) in [6, 6.07) is 11.8. The van der Waals surface area contributed by atoms with Crippen LogP contribution in [0.3, 0.4) is 0 Å². The Morgan fingerprint density at radius 3 is 2.68 bits per heavy atom. The second-order valence-corrected chi connectivity index (χ2v) is 6.22. The van der Waals surface area contributed by atoms with Crippen molar-refractivity contribution >= 4 is 40.0 Å². The van der Waals surface area contributed by atoms with E-state index < -0.39 is 0 Å². The molecule has 0 amide bonds. The number of rotatable bonds is 4. The molecule has 0 saturated carbocycles. The molecule has 0 aliphatic carbocycles. The van der Waals surface area contributed by atoms with E-state index in [2.05, 4.69) is 27.1 Å². The van der Waals surface area contributed by atoms with E-state index >= 15 is 0 Å². The number of thiophene rings is 1. The third-order valence-electron chi connectivity index (χ3n) is 2.60. The second-order valence-electron chi connectivity index (χ2n) is 3.98. The van der Waals surface area contributed by atoms with Crippen molar-refractivity contribution in [3.05, 3.63) is 57.9 Å². The Labute approximate surface area is 124 Å². The number of hydrogen-bond acceptors (Lipinski definition) is 4. The highest BCUT2D eigenvalue weighted by Crippen LogP contribution is 2.28. The molecule has 1 aromatic carbocycles. The molecule has 3 rings (SSSR count). The standard InChI is InChI=1S/C14H11ClN2S2/c15-10-3-5-11(6-4-10)16-8-12-9-19-14(17-12)13-2-1-7-18-13/h1-7,9,16H,8H2. The maximum Gasteiger partial charge on any atom is 0.133 e. The molecule has 2 aromatic heterocycles. The zero-order chi connectivity index (χ0) is 13.1. The van der Waals surface area contributed by atoms with E-state index in [0.29, 0.717) is 0 Å². The van der Waals surface area contributed by atoms with Gasteiger partial charge in [-0.3, -0.25) is 0 Å². The molecule has 0 aliphatic rings. The van der Waals surface area contributed by atoms with Crippen LogP contribution in [0.15, 0.2) is 47.2 Å². The molecule has 3 aromatic rings. The first-order chi connectivity index (χ1) is 9.31. The first kappa shape index (κ1) is 12.7. The zero-order valence-electron chi connectivity index (χ0n) is 9.97. The van der Waals surface area contributed by atoms with Crippen molar-refractivity contribution in [2.45, 2.75) is 6.54 Å². The van der Waals surface area contributed by atoms with Crippen LogP contribution in [0, 0.1) is 0 Å². The van der Waals surface area contributed by atoms with Gasteiger partial charge in [0.15, 0.2) is 0 Å². The number of anilines is 1. The smallest absolute Gasteiger partial charge is 0.133 e. The predicted octanol–water partition coefficient (Wildman–Crippen LogP) is 5.14. The van der Waals surface area contributed by atoms with Gasteiger partial charge in [-0.05, 0) is 35.7 Å². The third-order valence-corrected chi connectivity index (χ3v) is 4.78. The SMILES string of the molecule is Clc1ccc(NCc2csc(-c3cccs3)n2)cc1. The van der Waals surface area contributed by atoms with Gasteiger partial charge in [0.25, 0.3) is 0 Å². The van der Waals surface area contributed by atoms with Crippen LogP contribution < -0.4 is 5.32 Å². The van der Waals surface area contributed by atoms with Crippen LogP contribution in [0.25, 0.3) is 9.88 Å².